The smallest absolute Gasteiger partial charge is 0.223 e. The molecule has 78 valence electrons. The molecule has 2 nitrogen and oxygen atoms in total. The van der Waals surface area contributed by atoms with Gasteiger partial charge in [0.1, 0.15) is 0 Å². The Kier molecular flexibility index (Phi) is 4.00. The van der Waals surface area contributed by atoms with Gasteiger partial charge in [-0.25, -0.2) is 0 Å². The standard InChI is InChI=1S/C12H19NO/c1-4-5-8-12(14)13-9-6-7-10(2)11(13)3/h1,10-11H,5-9H2,2-3H3. The van der Waals surface area contributed by atoms with Gasteiger partial charge in [-0.2, -0.15) is 0 Å². The molecule has 1 amide bonds. The molecular weight excluding hydrogens is 174 g/mol. The predicted molar refractivity (Wildman–Crippen MR) is 57.6 cm³/mol. The highest BCUT2D eigenvalue weighted by Gasteiger charge is 2.27. The van der Waals surface area contributed by atoms with Crippen molar-refractivity contribution >= 4 is 5.91 Å². The van der Waals surface area contributed by atoms with Crippen LogP contribution in [0, 0.1) is 18.3 Å². The van der Waals surface area contributed by atoms with E-state index in [4.69, 9.17) is 6.42 Å². The molecule has 1 rings (SSSR count). The third-order valence-electron chi connectivity index (χ3n) is 3.18. The van der Waals surface area contributed by atoms with Crippen LogP contribution in [-0.2, 0) is 4.79 Å². The Hall–Kier alpha value is -0.970. The molecule has 1 fully saturated rings. The lowest BCUT2D eigenvalue weighted by Gasteiger charge is -2.38. The van der Waals surface area contributed by atoms with Crippen LogP contribution in [-0.4, -0.2) is 23.4 Å². The number of amides is 1. The molecule has 1 aliphatic rings. The first-order valence-corrected chi connectivity index (χ1v) is 5.39. The van der Waals surface area contributed by atoms with Gasteiger partial charge in [0.2, 0.25) is 5.91 Å². The van der Waals surface area contributed by atoms with Crippen LogP contribution in [0.15, 0.2) is 0 Å². The van der Waals surface area contributed by atoms with E-state index in [1.807, 2.05) is 4.90 Å². The Morgan fingerprint density at radius 3 is 2.93 bits per heavy atom. The van der Waals surface area contributed by atoms with Gasteiger partial charge in [-0.15, -0.1) is 12.3 Å². The Morgan fingerprint density at radius 2 is 2.29 bits per heavy atom. The normalized spacial score (nSPS) is 27.1. The average Bonchev–Trinajstić information content (AvgIpc) is 2.18. The predicted octanol–water partition coefficient (Wildman–Crippen LogP) is 2.05. The summed E-state index contributed by atoms with van der Waals surface area (Å²) in [5.74, 6) is 3.36. The fraction of sp³-hybridized carbons (Fsp3) is 0.750. The zero-order valence-electron chi connectivity index (χ0n) is 9.12. The summed E-state index contributed by atoms with van der Waals surface area (Å²) in [6.45, 7) is 5.26. The van der Waals surface area contributed by atoms with Crippen molar-refractivity contribution in [3.05, 3.63) is 0 Å². The molecule has 1 heterocycles. The van der Waals surface area contributed by atoms with Gasteiger partial charge in [-0.1, -0.05) is 6.92 Å². The number of piperidine rings is 1. The summed E-state index contributed by atoms with van der Waals surface area (Å²) in [4.78, 5) is 13.7. The van der Waals surface area contributed by atoms with E-state index in [2.05, 4.69) is 19.8 Å². The molecule has 0 radical (unpaired) electrons. The second kappa shape index (κ2) is 5.05. The summed E-state index contributed by atoms with van der Waals surface area (Å²) in [7, 11) is 0. The Morgan fingerprint density at radius 1 is 1.57 bits per heavy atom. The first-order valence-electron chi connectivity index (χ1n) is 5.39. The van der Waals surface area contributed by atoms with E-state index in [9.17, 15) is 4.79 Å². The lowest BCUT2D eigenvalue weighted by molar-refractivity contribution is -0.135. The van der Waals surface area contributed by atoms with Gasteiger partial charge in [0.15, 0.2) is 0 Å². The number of terminal acetylenes is 1. The van der Waals surface area contributed by atoms with E-state index in [0.29, 0.717) is 24.8 Å². The molecule has 1 aliphatic heterocycles. The van der Waals surface area contributed by atoms with E-state index in [-0.39, 0.29) is 5.91 Å². The molecule has 0 aliphatic carbocycles. The van der Waals surface area contributed by atoms with Gasteiger partial charge in [0.25, 0.3) is 0 Å². The SMILES string of the molecule is C#CCCC(=O)N1CCCC(C)C1C. The maximum Gasteiger partial charge on any atom is 0.223 e. The molecule has 0 aromatic heterocycles. The first-order chi connectivity index (χ1) is 6.66. The number of rotatable bonds is 2. The van der Waals surface area contributed by atoms with Gasteiger partial charge in [-0.05, 0) is 25.7 Å². The second-order valence-corrected chi connectivity index (χ2v) is 4.15. The number of carbonyl (C=O) groups is 1. The molecule has 0 aromatic carbocycles. The molecule has 2 unspecified atom stereocenters. The van der Waals surface area contributed by atoms with Gasteiger partial charge in [0.05, 0.1) is 0 Å². The van der Waals surface area contributed by atoms with Crippen molar-refractivity contribution in [2.45, 2.75) is 45.6 Å². The van der Waals surface area contributed by atoms with Gasteiger partial charge < -0.3 is 4.90 Å². The summed E-state index contributed by atoms with van der Waals surface area (Å²) < 4.78 is 0. The maximum atomic E-state index is 11.7. The Balaban J connectivity index is 2.49. The average molecular weight is 193 g/mol. The van der Waals surface area contributed by atoms with Crippen LogP contribution in [0.1, 0.15) is 39.5 Å². The summed E-state index contributed by atoms with van der Waals surface area (Å²) in [6, 6.07) is 0.383. The highest BCUT2D eigenvalue weighted by Crippen LogP contribution is 2.23. The monoisotopic (exact) mass is 193 g/mol. The summed E-state index contributed by atoms with van der Waals surface area (Å²) in [5, 5.41) is 0. The molecule has 2 atom stereocenters. The lowest BCUT2D eigenvalue weighted by atomic mass is 9.92. The molecule has 14 heavy (non-hydrogen) atoms. The van der Waals surface area contributed by atoms with E-state index in [1.54, 1.807) is 0 Å². The minimum atomic E-state index is 0.224. The van der Waals surface area contributed by atoms with Crippen molar-refractivity contribution in [3.8, 4) is 12.3 Å². The van der Waals surface area contributed by atoms with Crippen LogP contribution in [0.2, 0.25) is 0 Å². The highest BCUT2D eigenvalue weighted by molar-refractivity contribution is 5.76. The van der Waals surface area contributed by atoms with Crippen molar-refractivity contribution < 1.29 is 4.79 Å². The molecular formula is C12H19NO. The zero-order chi connectivity index (χ0) is 10.6. The molecule has 0 spiro atoms. The number of likely N-dealkylation sites (tertiary alicyclic amines) is 1. The van der Waals surface area contributed by atoms with Crippen LogP contribution in [0.5, 0.6) is 0 Å². The molecule has 0 bridgehead atoms. The topological polar surface area (TPSA) is 20.3 Å². The maximum absolute atomic E-state index is 11.7. The third-order valence-corrected chi connectivity index (χ3v) is 3.18. The van der Waals surface area contributed by atoms with Crippen LogP contribution in [0.3, 0.4) is 0 Å². The third kappa shape index (κ3) is 2.51. The van der Waals surface area contributed by atoms with Crippen molar-refractivity contribution in [3.63, 3.8) is 0 Å². The Bertz CT molecular complexity index is 241. The fourth-order valence-electron chi connectivity index (χ4n) is 2.01. The van der Waals surface area contributed by atoms with Crippen LogP contribution in [0.25, 0.3) is 0 Å². The Labute approximate surface area is 86.7 Å². The molecule has 0 saturated carbocycles. The fourth-order valence-corrected chi connectivity index (χ4v) is 2.01. The zero-order valence-corrected chi connectivity index (χ0v) is 9.12. The van der Waals surface area contributed by atoms with E-state index >= 15 is 0 Å². The highest BCUT2D eigenvalue weighted by atomic mass is 16.2. The van der Waals surface area contributed by atoms with Crippen molar-refractivity contribution in [1.29, 1.82) is 0 Å². The summed E-state index contributed by atoms with van der Waals surface area (Å²) in [5.41, 5.74) is 0. The summed E-state index contributed by atoms with van der Waals surface area (Å²) >= 11 is 0. The van der Waals surface area contributed by atoms with Crippen molar-refractivity contribution in [2.24, 2.45) is 5.92 Å². The van der Waals surface area contributed by atoms with Crippen LogP contribution >= 0.6 is 0 Å². The minimum Gasteiger partial charge on any atom is -0.340 e. The second-order valence-electron chi connectivity index (χ2n) is 4.15. The van der Waals surface area contributed by atoms with Crippen molar-refractivity contribution in [1.82, 2.24) is 4.90 Å². The molecule has 0 N–H and O–H groups in total. The van der Waals surface area contributed by atoms with Crippen molar-refractivity contribution in [2.75, 3.05) is 6.54 Å². The molecule has 0 aromatic rings. The van der Waals surface area contributed by atoms with E-state index in [0.717, 1.165) is 13.0 Å². The van der Waals surface area contributed by atoms with Gasteiger partial charge >= 0.3 is 0 Å². The number of hydrogen-bond acceptors (Lipinski definition) is 1. The quantitative estimate of drug-likeness (QED) is 0.615. The number of hydrogen-bond donors (Lipinski definition) is 0. The van der Waals surface area contributed by atoms with E-state index < -0.39 is 0 Å². The van der Waals surface area contributed by atoms with E-state index in [1.165, 1.54) is 6.42 Å². The minimum absolute atomic E-state index is 0.224. The number of nitrogens with zero attached hydrogens (tertiary/aromatic N) is 1. The molecule has 1 saturated heterocycles. The first kappa shape index (κ1) is 11.1. The van der Waals surface area contributed by atoms with Crippen LogP contribution in [0.4, 0.5) is 0 Å². The molecule has 2 heteroatoms. The lowest BCUT2D eigenvalue weighted by Crippen LogP contribution is -2.45. The number of carbonyl (C=O) groups excluding carboxylic acids is 1. The largest absolute Gasteiger partial charge is 0.340 e. The van der Waals surface area contributed by atoms with Crippen LogP contribution < -0.4 is 0 Å². The van der Waals surface area contributed by atoms with Gasteiger partial charge in [-0.3, -0.25) is 4.79 Å². The summed E-state index contributed by atoms with van der Waals surface area (Å²) in [6.07, 6.45) is 8.59. The van der Waals surface area contributed by atoms with Gasteiger partial charge in [0, 0.05) is 25.4 Å².